The van der Waals surface area contributed by atoms with E-state index in [1.165, 1.54) is 100 Å². The number of hydrogen-bond donors (Lipinski definition) is 27. The van der Waals surface area contributed by atoms with Crippen molar-refractivity contribution in [2.45, 2.75) is 215 Å². The number of guanidine groups is 1. The Hall–Kier alpha value is -13.0. The number of carboxylic acid groups (broad SMARTS) is 2. The highest BCUT2D eigenvalue weighted by atomic mass is 32.2. The van der Waals surface area contributed by atoms with E-state index in [4.69, 9.17) is 16.9 Å². The molecular weight excluding hydrogens is 1650 g/mol. The van der Waals surface area contributed by atoms with Gasteiger partial charge >= 0.3 is 11.9 Å². The van der Waals surface area contributed by atoms with Crippen LogP contribution in [0.3, 0.4) is 0 Å². The number of thioether (sulfide) groups is 1. The number of rotatable bonds is 53. The zero-order valence-corrected chi connectivity index (χ0v) is 70.0. The highest BCUT2D eigenvalue weighted by Gasteiger charge is 2.43. The molecule has 6 heterocycles. The molecule has 5 aromatic heterocycles. The summed E-state index contributed by atoms with van der Waals surface area (Å²) in [5, 5.41) is 93.9. The fourth-order valence-electron chi connectivity index (χ4n) is 12.8. The Morgan fingerprint density at radius 1 is 0.476 bits per heavy atom. The van der Waals surface area contributed by atoms with E-state index in [0.29, 0.717) is 23.5 Å². The molecule has 0 radical (unpaired) electrons. The van der Waals surface area contributed by atoms with Crippen LogP contribution in [0.25, 0.3) is 0 Å². The van der Waals surface area contributed by atoms with Gasteiger partial charge in [-0.05, 0) is 76.2 Å². The molecule has 14 amide bonds. The van der Waals surface area contributed by atoms with E-state index in [1.54, 1.807) is 20.1 Å². The van der Waals surface area contributed by atoms with Gasteiger partial charge in [0, 0.05) is 105 Å². The lowest BCUT2D eigenvalue weighted by Crippen LogP contribution is -2.62. The molecule has 0 saturated carbocycles. The molecule has 29 N–H and O–H groups in total. The summed E-state index contributed by atoms with van der Waals surface area (Å²) < 4.78 is 0. The van der Waals surface area contributed by atoms with Gasteiger partial charge in [-0.25, -0.2) is 29.7 Å². The van der Waals surface area contributed by atoms with Crippen LogP contribution in [0.2, 0.25) is 0 Å². The number of aromatic nitrogens is 10. The smallest absolute Gasteiger partial charge is 0.326 e. The van der Waals surface area contributed by atoms with Crippen molar-refractivity contribution in [2.75, 3.05) is 38.3 Å². The summed E-state index contributed by atoms with van der Waals surface area (Å²) in [5.74, 6) is -18.9. The second-order valence-corrected chi connectivity index (χ2v) is 31.2. The molecule has 16 atom stereocenters. The maximum atomic E-state index is 14.9. The average molecular weight is 1760 g/mol. The Balaban J connectivity index is 1.16. The lowest BCUT2D eigenvalue weighted by Gasteiger charge is -2.30. The van der Waals surface area contributed by atoms with E-state index in [2.05, 4.69) is 124 Å². The average Bonchev–Trinajstić information content (AvgIpc) is 1.67. The Labute approximate surface area is 714 Å². The van der Waals surface area contributed by atoms with Gasteiger partial charge in [0.2, 0.25) is 82.7 Å². The molecule has 0 aliphatic carbocycles. The molecule has 5 aromatic rings. The molecule has 6 rings (SSSR count). The van der Waals surface area contributed by atoms with Gasteiger partial charge in [-0.3, -0.25) is 77.3 Å². The SMILES string of the molecule is CSCC[C@H](NC(=O)[C@H](CO)NC(=O)[C@H](CC(=O)O)NC(=O)[C@H](CO)NC(=O)[C@H](Cc1cnc[nH]1)NC(=O)[C@H](Cc1cnc[nH]1)NC(=O)[C@H](CCCNC(=N)N)NC(=O)[C@H](Cc1cnc[nH]1)NC(=O)[C@@H]1CCCN1C(=O)[C@H](Cc1cnc[nH]1)NC(=O)[C@H](C)N)C(=O)N[C@@H](CC(C)C)C(=O)N[C@H](C(=O)N[C@H](C(=O)N[C@@H](Cc1cnc[nH]1)C(=O)O)[C@@H](C)O)C(C)C. The molecule has 0 bridgehead atoms. The molecular formula is C74H112N28O21S. The van der Waals surface area contributed by atoms with Crippen molar-refractivity contribution in [1.29, 1.82) is 5.41 Å². The van der Waals surface area contributed by atoms with Crippen LogP contribution in [0, 0.1) is 17.2 Å². The van der Waals surface area contributed by atoms with Crippen molar-refractivity contribution in [3.63, 3.8) is 0 Å². The van der Waals surface area contributed by atoms with Gasteiger partial charge in [0.05, 0.1) is 63.4 Å². The summed E-state index contributed by atoms with van der Waals surface area (Å²) in [6.45, 7) is 6.66. The lowest BCUT2D eigenvalue weighted by molar-refractivity contribution is -0.143. The van der Waals surface area contributed by atoms with E-state index in [-0.39, 0.29) is 87.5 Å². The molecule has 680 valence electrons. The Bertz CT molecular complexity index is 4360. The zero-order valence-electron chi connectivity index (χ0n) is 69.2. The third-order valence-electron chi connectivity index (χ3n) is 19.4. The van der Waals surface area contributed by atoms with Crippen LogP contribution < -0.4 is 85.9 Å². The number of likely N-dealkylation sites (tertiary alicyclic amines) is 1. The van der Waals surface area contributed by atoms with Gasteiger partial charge in [-0.1, -0.05) is 27.7 Å². The number of H-pyrrole nitrogens is 5. The maximum Gasteiger partial charge on any atom is 0.326 e. The number of nitrogens with one attached hydrogen (secondary N) is 20. The van der Waals surface area contributed by atoms with Crippen LogP contribution in [-0.4, -0.2) is 316 Å². The number of nitrogens with zero attached hydrogens (tertiary/aromatic N) is 6. The van der Waals surface area contributed by atoms with Crippen LogP contribution in [-0.2, 0) is 109 Å². The molecule has 50 heteroatoms. The fraction of sp³-hybridized carbons (Fsp3) is 0.568. The Kier molecular flexibility index (Phi) is 40.1. The van der Waals surface area contributed by atoms with E-state index < -0.39 is 236 Å². The lowest BCUT2D eigenvalue weighted by atomic mass is 9.99. The van der Waals surface area contributed by atoms with Crippen LogP contribution in [0.1, 0.15) is 115 Å². The molecule has 1 fully saturated rings. The monoisotopic (exact) mass is 1760 g/mol. The minimum atomic E-state index is -2.16. The summed E-state index contributed by atoms with van der Waals surface area (Å²) in [6.07, 6.45) is 10.7. The van der Waals surface area contributed by atoms with Crippen LogP contribution in [0.5, 0.6) is 0 Å². The van der Waals surface area contributed by atoms with Gasteiger partial charge in [-0.2, -0.15) is 11.8 Å². The fourth-order valence-corrected chi connectivity index (χ4v) is 13.3. The highest BCUT2D eigenvalue weighted by Crippen LogP contribution is 2.22. The van der Waals surface area contributed by atoms with Crippen molar-refractivity contribution < 1.29 is 102 Å². The summed E-state index contributed by atoms with van der Waals surface area (Å²) in [5.41, 5.74) is 13.0. The molecule has 1 aliphatic heterocycles. The number of aliphatic hydroxyl groups excluding tert-OH is 3. The second kappa shape index (κ2) is 49.8. The number of nitrogens with two attached hydrogens (primary N) is 2. The van der Waals surface area contributed by atoms with Gasteiger partial charge in [0.15, 0.2) is 5.96 Å². The topological polar surface area (TPSA) is 765 Å². The van der Waals surface area contributed by atoms with Crippen molar-refractivity contribution in [2.24, 2.45) is 23.3 Å². The van der Waals surface area contributed by atoms with Gasteiger partial charge in [-0.15, -0.1) is 0 Å². The largest absolute Gasteiger partial charge is 0.481 e. The Morgan fingerprint density at radius 2 is 0.839 bits per heavy atom. The number of amides is 14. The highest BCUT2D eigenvalue weighted by molar-refractivity contribution is 7.98. The Morgan fingerprint density at radius 3 is 1.24 bits per heavy atom. The van der Waals surface area contributed by atoms with Crippen molar-refractivity contribution >= 4 is 112 Å². The first-order valence-electron chi connectivity index (χ1n) is 39.7. The van der Waals surface area contributed by atoms with Gasteiger partial charge < -0.3 is 141 Å². The van der Waals surface area contributed by atoms with Gasteiger partial charge in [0.25, 0.3) is 0 Å². The first kappa shape index (κ1) is 99.8. The van der Waals surface area contributed by atoms with E-state index in [9.17, 15) is 102 Å². The molecule has 1 aliphatic rings. The van der Waals surface area contributed by atoms with Crippen molar-refractivity contribution in [3.8, 4) is 0 Å². The minimum absolute atomic E-state index is 0.0171. The third kappa shape index (κ3) is 32.1. The van der Waals surface area contributed by atoms with Crippen LogP contribution in [0.15, 0.2) is 62.6 Å². The number of hydrogen-bond acceptors (Lipinski definition) is 27. The third-order valence-corrected chi connectivity index (χ3v) is 20.1. The van der Waals surface area contributed by atoms with E-state index >= 15 is 0 Å². The van der Waals surface area contributed by atoms with E-state index in [1.807, 2.05) is 0 Å². The summed E-state index contributed by atoms with van der Waals surface area (Å²) in [7, 11) is 0. The number of aliphatic carboxylic acids is 2. The van der Waals surface area contributed by atoms with E-state index in [0.717, 1.165) is 6.92 Å². The predicted molar refractivity (Wildman–Crippen MR) is 437 cm³/mol. The summed E-state index contributed by atoms with van der Waals surface area (Å²) in [4.78, 5) is 259. The quantitative estimate of drug-likeness (QED) is 0.00976. The predicted octanol–water partition coefficient (Wildman–Crippen LogP) is -8.90. The number of aliphatic hydroxyl groups is 3. The van der Waals surface area contributed by atoms with Crippen LogP contribution >= 0.6 is 11.8 Å². The number of aromatic amines is 5. The molecule has 124 heavy (non-hydrogen) atoms. The van der Waals surface area contributed by atoms with Crippen molar-refractivity contribution in [3.05, 3.63) is 91.1 Å². The minimum Gasteiger partial charge on any atom is -0.481 e. The molecule has 0 unspecified atom stereocenters. The number of carboxylic acids is 2. The second-order valence-electron chi connectivity index (χ2n) is 30.2. The van der Waals surface area contributed by atoms with Crippen LogP contribution in [0.4, 0.5) is 0 Å². The van der Waals surface area contributed by atoms with Gasteiger partial charge in [0.1, 0.15) is 84.6 Å². The summed E-state index contributed by atoms with van der Waals surface area (Å²) >= 11 is 1.23. The molecule has 49 nitrogen and oxygen atoms in total. The number of carbonyl (C=O) groups excluding carboxylic acids is 14. The first-order chi connectivity index (χ1) is 58.9. The maximum absolute atomic E-state index is 14.9. The zero-order chi connectivity index (χ0) is 91.4. The summed E-state index contributed by atoms with van der Waals surface area (Å²) in [6, 6.07) is -23.8. The first-order valence-corrected chi connectivity index (χ1v) is 41.1. The number of carbonyl (C=O) groups is 16. The standard InChI is InChI=1S/C74H112N28O21S/c1-35(2)16-46(66(115)100-57(36(3)4)70(119)101-58(38(6)105)71(120)97-52(73(122)123)21-43-27-82-34-88-43)91-61(110)45(12-15-124-7)90-67(116)53(28-103)99-65(114)50(22-56(106)107)94-68(117)54(29-104)98-64(113)48(18-40-24-79-31-85-40)93-63(112)47(17-39-23-78-30-84-39)92-60(109)44(10-8-13-83-74(76)77)89-62(111)49(19-41-25-80-32-86-41)95-69(118)55-11-9-14-102(55)72(121)51(96-59(108)37(5)75)20-42-26-81-33-87-42/h23-27,30-38,44-55,57-58,103-105H,8-22,28-29,75H2,1-7H3,(H,78,84)(H,79,85)(H,80,86)(H,81,87)(H,82,88)(H,89,111)(H,90,116)(H,91,110)(H,92,109)(H,93,112)(H,94,117)(H,95,118)(H,96,108)(H,97,120)(H,98,113)(H,99,114)(H,100,115)(H,101,119)(H,106,107)(H,122,123)(H4,76,77,83)/t37-,38+,44-,45-,46-,47-,48-,49-,50-,51-,52-,53-,54-,55-,57-,58-/m0/s1. The molecule has 0 aromatic carbocycles. The van der Waals surface area contributed by atoms with Crippen molar-refractivity contribution in [1.82, 2.24) is 129 Å². The number of imidazole rings is 5. The molecule has 0 spiro atoms. The molecule has 1 saturated heterocycles. The normalized spacial score (nSPS) is 16.1.